The minimum atomic E-state index is -0.134. The molecule has 0 fully saturated rings. The van der Waals surface area contributed by atoms with Crippen LogP contribution in [0.3, 0.4) is 0 Å². The molecule has 5 heteroatoms. The number of nitrogens with zero attached hydrogens (tertiary/aromatic N) is 1. The predicted octanol–water partition coefficient (Wildman–Crippen LogP) is 3.89. The van der Waals surface area contributed by atoms with Gasteiger partial charge in [-0.05, 0) is 49.1 Å². The molecular weight excluding hydrogens is 328 g/mol. The molecule has 0 aliphatic carbocycles. The standard InChI is InChI=1S/C21H22N2O3/c1-4-26-21-17-7-5-6-16(15(17)10-11-23-21)20(24)18-9-8-14(13(2)22)12-19(18)25-3/h5-13H,4,22H2,1-3H3/t13-/m1/s1. The number of rotatable bonds is 6. The van der Waals surface area contributed by atoms with Gasteiger partial charge in [-0.25, -0.2) is 4.98 Å². The SMILES string of the molecule is CCOc1nccc2c(C(=O)c3ccc([C@@H](C)N)cc3OC)cccc12. The van der Waals surface area contributed by atoms with Gasteiger partial charge in [-0.3, -0.25) is 4.79 Å². The normalized spacial score (nSPS) is 12.0. The molecule has 134 valence electrons. The number of ether oxygens (including phenoxy) is 2. The monoisotopic (exact) mass is 350 g/mol. The number of nitrogens with two attached hydrogens (primary N) is 1. The van der Waals surface area contributed by atoms with E-state index in [0.717, 1.165) is 16.3 Å². The number of carbonyl (C=O) groups excluding carboxylic acids is 1. The van der Waals surface area contributed by atoms with Crippen molar-refractivity contribution in [2.24, 2.45) is 5.73 Å². The van der Waals surface area contributed by atoms with E-state index in [1.165, 1.54) is 0 Å². The van der Waals surface area contributed by atoms with Crippen molar-refractivity contribution >= 4 is 16.6 Å². The molecule has 0 bridgehead atoms. The highest BCUT2D eigenvalue weighted by molar-refractivity contribution is 6.18. The molecule has 0 aliphatic rings. The Morgan fingerprint density at radius 3 is 2.65 bits per heavy atom. The second-order valence-electron chi connectivity index (χ2n) is 6.03. The Morgan fingerprint density at radius 2 is 1.96 bits per heavy atom. The third kappa shape index (κ3) is 3.26. The Balaban J connectivity index is 2.13. The molecule has 0 spiro atoms. The second-order valence-corrected chi connectivity index (χ2v) is 6.03. The van der Waals surface area contributed by atoms with E-state index >= 15 is 0 Å². The van der Waals surface area contributed by atoms with Gasteiger partial charge < -0.3 is 15.2 Å². The Hall–Kier alpha value is -2.92. The second kappa shape index (κ2) is 7.54. The van der Waals surface area contributed by atoms with Gasteiger partial charge in [0.15, 0.2) is 5.78 Å². The number of aromatic nitrogens is 1. The van der Waals surface area contributed by atoms with Crippen LogP contribution >= 0.6 is 0 Å². The van der Waals surface area contributed by atoms with Gasteiger partial charge >= 0.3 is 0 Å². The lowest BCUT2D eigenvalue weighted by atomic mass is 9.96. The van der Waals surface area contributed by atoms with Crippen LogP contribution in [-0.2, 0) is 0 Å². The highest BCUT2D eigenvalue weighted by Crippen LogP contribution is 2.30. The van der Waals surface area contributed by atoms with Gasteiger partial charge in [0.2, 0.25) is 5.88 Å². The number of hydrogen-bond donors (Lipinski definition) is 1. The van der Waals surface area contributed by atoms with Gasteiger partial charge in [0.1, 0.15) is 5.75 Å². The number of benzene rings is 2. The van der Waals surface area contributed by atoms with Crippen molar-refractivity contribution in [2.45, 2.75) is 19.9 Å². The molecule has 26 heavy (non-hydrogen) atoms. The highest BCUT2D eigenvalue weighted by atomic mass is 16.5. The number of hydrogen-bond acceptors (Lipinski definition) is 5. The van der Waals surface area contributed by atoms with Crippen LogP contribution in [0.25, 0.3) is 10.8 Å². The van der Waals surface area contributed by atoms with Crippen molar-refractivity contribution < 1.29 is 14.3 Å². The lowest BCUT2D eigenvalue weighted by molar-refractivity contribution is 0.103. The van der Waals surface area contributed by atoms with Crippen LogP contribution in [0.2, 0.25) is 0 Å². The average molecular weight is 350 g/mol. The van der Waals surface area contributed by atoms with Gasteiger partial charge in [0.25, 0.3) is 0 Å². The molecule has 3 aromatic rings. The quantitative estimate of drug-likeness (QED) is 0.683. The van der Waals surface area contributed by atoms with Gasteiger partial charge in [-0.15, -0.1) is 0 Å². The van der Waals surface area contributed by atoms with Crippen LogP contribution in [-0.4, -0.2) is 24.5 Å². The first-order valence-corrected chi connectivity index (χ1v) is 8.55. The number of fused-ring (bicyclic) bond motifs is 1. The summed E-state index contributed by atoms with van der Waals surface area (Å²) in [4.78, 5) is 17.5. The van der Waals surface area contributed by atoms with Crippen LogP contribution in [0.5, 0.6) is 11.6 Å². The van der Waals surface area contributed by atoms with E-state index < -0.39 is 0 Å². The summed E-state index contributed by atoms with van der Waals surface area (Å²) in [5.74, 6) is 0.928. The lowest BCUT2D eigenvalue weighted by Crippen LogP contribution is -2.09. The molecule has 5 nitrogen and oxygen atoms in total. The van der Waals surface area contributed by atoms with Crippen LogP contribution in [0.15, 0.2) is 48.7 Å². The van der Waals surface area contributed by atoms with E-state index in [-0.39, 0.29) is 11.8 Å². The van der Waals surface area contributed by atoms with Crippen LogP contribution < -0.4 is 15.2 Å². The molecule has 0 saturated heterocycles. The van der Waals surface area contributed by atoms with Crippen molar-refractivity contribution in [1.82, 2.24) is 4.98 Å². The summed E-state index contributed by atoms with van der Waals surface area (Å²) in [6, 6.07) is 12.7. The summed E-state index contributed by atoms with van der Waals surface area (Å²) in [5.41, 5.74) is 7.93. The Kier molecular flexibility index (Phi) is 5.19. The number of ketones is 1. The average Bonchev–Trinajstić information content (AvgIpc) is 2.67. The molecule has 0 amide bonds. The maximum Gasteiger partial charge on any atom is 0.221 e. The van der Waals surface area contributed by atoms with E-state index in [9.17, 15) is 4.79 Å². The zero-order valence-corrected chi connectivity index (χ0v) is 15.2. The van der Waals surface area contributed by atoms with Crippen molar-refractivity contribution in [1.29, 1.82) is 0 Å². The summed E-state index contributed by atoms with van der Waals surface area (Å²) in [5, 5.41) is 1.61. The van der Waals surface area contributed by atoms with Crippen molar-refractivity contribution in [3.05, 3.63) is 65.4 Å². The molecule has 0 saturated carbocycles. The fourth-order valence-corrected chi connectivity index (χ4v) is 2.95. The summed E-state index contributed by atoms with van der Waals surface area (Å²) in [6.45, 7) is 4.31. The fourth-order valence-electron chi connectivity index (χ4n) is 2.95. The molecule has 2 N–H and O–H groups in total. The zero-order valence-electron chi connectivity index (χ0n) is 15.2. The minimum Gasteiger partial charge on any atom is -0.496 e. The highest BCUT2D eigenvalue weighted by Gasteiger charge is 2.19. The van der Waals surface area contributed by atoms with Crippen LogP contribution in [0.4, 0.5) is 0 Å². The van der Waals surface area contributed by atoms with Gasteiger partial charge in [0.05, 0.1) is 19.3 Å². The van der Waals surface area contributed by atoms with Gasteiger partial charge in [-0.2, -0.15) is 0 Å². The largest absolute Gasteiger partial charge is 0.496 e. The third-order valence-electron chi connectivity index (χ3n) is 4.29. The van der Waals surface area contributed by atoms with Gasteiger partial charge in [-0.1, -0.05) is 18.2 Å². The summed E-state index contributed by atoms with van der Waals surface area (Å²) in [6.07, 6.45) is 1.65. The number of carbonyl (C=O) groups is 1. The summed E-state index contributed by atoms with van der Waals surface area (Å²) < 4.78 is 11.0. The van der Waals surface area contributed by atoms with E-state index in [1.807, 2.05) is 44.2 Å². The number of pyridine rings is 1. The molecule has 3 rings (SSSR count). The lowest BCUT2D eigenvalue weighted by Gasteiger charge is -2.13. The fraction of sp³-hybridized carbons (Fsp3) is 0.238. The third-order valence-corrected chi connectivity index (χ3v) is 4.29. The van der Waals surface area contributed by atoms with E-state index in [1.54, 1.807) is 25.4 Å². The molecular formula is C21H22N2O3. The molecule has 2 aromatic carbocycles. The zero-order chi connectivity index (χ0) is 18.7. The summed E-state index contributed by atoms with van der Waals surface area (Å²) >= 11 is 0. The van der Waals surface area contributed by atoms with E-state index in [0.29, 0.717) is 29.4 Å². The van der Waals surface area contributed by atoms with E-state index in [2.05, 4.69) is 4.98 Å². The Morgan fingerprint density at radius 1 is 1.15 bits per heavy atom. The minimum absolute atomic E-state index is 0.114. The first-order chi connectivity index (χ1) is 12.6. The van der Waals surface area contributed by atoms with Crippen LogP contribution in [0.1, 0.15) is 41.4 Å². The number of methoxy groups -OCH3 is 1. The first kappa shape index (κ1) is 17.9. The molecule has 1 atom stereocenters. The summed E-state index contributed by atoms with van der Waals surface area (Å²) in [7, 11) is 1.55. The molecule has 0 unspecified atom stereocenters. The Labute approximate surface area is 152 Å². The molecule has 0 radical (unpaired) electrons. The smallest absolute Gasteiger partial charge is 0.221 e. The molecule has 1 aromatic heterocycles. The topological polar surface area (TPSA) is 74.4 Å². The maximum atomic E-state index is 13.2. The van der Waals surface area contributed by atoms with Crippen molar-refractivity contribution in [3.8, 4) is 11.6 Å². The van der Waals surface area contributed by atoms with Crippen LogP contribution in [0, 0.1) is 0 Å². The van der Waals surface area contributed by atoms with Crippen molar-refractivity contribution in [3.63, 3.8) is 0 Å². The molecule has 1 heterocycles. The van der Waals surface area contributed by atoms with Crippen molar-refractivity contribution in [2.75, 3.05) is 13.7 Å². The molecule has 0 aliphatic heterocycles. The van der Waals surface area contributed by atoms with Gasteiger partial charge in [0, 0.05) is 23.2 Å². The maximum absolute atomic E-state index is 13.2. The Bertz CT molecular complexity index is 951. The first-order valence-electron chi connectivity index (χ1n) is 8.55. The predicted molar refractivity (Wildman–Crippen MR) is 102 cm³/mol. The van der Waals surface area contributed by atoms with E-state index in [4.69, 9.17) is 15.2 Å².